The second-order valence-electron chi connectivity index (χ2n) is 4.82. The van der Waals surface area contributed by atoms with Crippen LogP contribution >= 0.6 is 0 Å². The molecule has 0 aliphatic rings. The van der Waals surface area contributed by atoms with Crippen molar-refractivity contribution in [3.63, 3.8) is 0 Å². The van der Waals surface area contributed by atoms with Gasteiger partial charge in [0.1, 0.15) is 5.60 Å². The van der Waals surface area contributed by atoms with Crippen molar-refractivity contribution >= 4 is 0 Å². The maximum Gasteiger partial charge on any atom is 0.246 e. The SMILES string of the molecule is CCOC(C)(CC)c1noc(C(C)(C)NC)n1. The van der Waals surface area contributed by atoms with E-state index in [-0.39, 0.29) is 5.54 Å². The topological polar surface area (TPSA) is 60.2 Å². The second-order valence-corrected chi connectivity index (χ2v) is 4.82. The van der Waals surface area contributed by atoms with Gasteiger partial charge < -0.3 is 14.6 Å². The minimum Gasteiger partial charge on any atom is -0.367 e. The molecule has 17 heavy (non-hydrogen) atoms. The molecule has 0 bridgehead atoms. The normalized spacial score (nSPS) is 15.9. The highest BCUT2D eigenvalue weighted by Crippen LogP contribution is 2.28. The zero-order valence-corrected chi connectivity index (χ0v) is 11.6. The molecule has 98 valence electrons. The van der Waals surface area contributed by atoms with Crippen LogP contribution in [0.5, 0.6) is 0 Å². The average molecular weight is 241 g/mol. The van der Waals surface area contributed by atoms with Crippen LogP contribution in [-0.2, 0) is 15.9 Å². The largest absolute Gasteiger partial charge is 0.367 e. The molecule has 0 radical (unpaired) electrons. The van der Waals surface area contributed by atoms with Crippen molar-refractivity contribution in [2.75, 3.05) is 13.7 Å². The van der Waals surface area contributed by atoms with E-state index in [1.54, 1.807) is 0 Å². The van der Waals surface area contributed by atoms with E-state index in [1.165, 1.54) is 0 Å². The van der Waals surface area contributed by atoms with E-state index in [0.717, 1.165) is 6.42 Å². The molecule has 1 aromatic heterocycles. The lowest BCUT2D eigenvalue weighted by atomic mass is 10.0. The van der Waals surface area contributed by atoms with Gasteiger partial charge in [-0.2, -0.15) is 4.98 Å². The summed E-state index contributed by atoms with van der Waals surface area (Å²) >= 11 is 0. The van der Waals surface area contributed by atoms with Crippen LogP contribution in [0.2, 0.25) is 0 Å². The lowest BCUT2D eigenvalue weighted by Gasteiger charge is -2.24. The van der Waals surface area contributed by atoms with Gasteiger partial charge in [-0.15, -0.1) is 0 Å². The van der Waals surface area contributed by atoms with E-state index in [0.29, 0.717) is 18.3 Å². The van der Waals surface area contributed by atoms with Crippen LogP contribution in [0.3, 0.4) is 0 Å². The standard InChI is InChI=1S/C12H23N3O2/c1-7-12(5,16-8-2)9-14-10(17-15-9)11(3,4)13-6/h13H,7-8H2,1-6H3. The molecule has 0 amide bonds. The molecule has 0 aromatic carbocycles. The summed E-state index contributed by atoms with van der Waals surface area (Å²) in [6.45, 7) is 10.6. The number of aromatic nitrogens is 2. The Hall–Kier alpha value is -0.940. The highest BCUT2D eigenvalue weighted by Gasteiger charge is 2.34. The molecule has 1 N–H and O–H groups in total. The van der Waals surface area contributed by atoms with Crippen molar-refractivity contribution in [1.29, 1.82) is 0 Å². The third kappa shape index (κ3) is 2.84. The predicted molar refractivity (Wildman–Crippen MR) is 65.7 cm³/mol. The number of hydrogen-bond acceptors (Lipinski definition) is 5. The molecule has 1 aromatic rings. The minimum absolute atomic E-state index is 0.327. The Morgan fingerprint density at radius 2 is 1.94 bits per heavy atom. The predicted octanol–water partition coefficient (Wildman–Crippen LogP) is 2.19. The van der Waals surface area contributed by atoms with E-state index in [9.17, 15) is 0 Å². The summed E-state index contributed by atoms with van der Waals surface area (Å²) < 4.78 is 11.0. The number of ether oxygens (including phenoxy) is 1. The third-order valence-electron chi connectivity index (χ3n) is 3.20. The van der Waals surface area contributed by atoms with Gasteiger partial charge in [0.25, 0.3) is 0 Å². The molecule has 1 atom stereocenters. The van der Waals surface area contributed by atoms with Gasteiger partial charge in [0.15, 0.2) is 0 Å². The van der Waals surface area contributed by atoms with E-state index < -0.39 is 5.60 Å². The number of nitrogens with zero attached hydrogens (tertiary/aromatic N) is 2. The van der Waals surface area contributed by atoms with Crippen LogP contribution in [0.15, 0.2) is 4.52 Å². The summed E-state index contributed by atoms with van der Waals surface area (Å²) in [5.41, 5.74) is -0.799. The van der Waals surface area contributed by atoms with E-state index in [1.807, 2.05) is 34.7 Å². The van der Waals surface area contributed by atoms with Crippen LogP contribution in [0.4, 0.5) is 0 Å². The molecule has 0 spiro atoms. The van der Waals surface area contributed by atoms with Gasteiger partial charge in [-0.25, -0.2) is 0 Å². The molecule has 0 fully saturated rings. The summed E-state index contributed by atoms with van der Waals surface area (Å²) in [6.07, 6.45) is 0.805. The lowest BCUT2D eigenvalue weighted by Crippen LogP contribution is -2.34. The van der Waals surface area contributed by atoms with Crippen LogP contribution in [0.25, 0.3) is 0 Å². The number of rotatable bonds is 6. The van der Waals surface area contributed by atoms with Crippen molar-refractivity contribution < 1.29 is 9.26 Å². The first-order valence-electron chi connectivity index (χ1n) is 6.07. The number of hydrogen-bond donors (Lipinski definition) is 1. The summed E-state index contributed by atoms with van der Waals surface area (Å²) in [4.78, 5) is 4.45. The van der Waals surface area contributed by atoms with Crippen molar-refractivity contribution in [2.24, 2.45) is 0 Å². The summed E-state index contributed by atoms with van der Waals surface area (Å²) in [7, 11) is 1.87. The first-order valence-corrected chi connectivity index (χ1v) is 6.07. The maximum absolute atomic E-state index is 5.72. The van der Waals surface area contributed by atoms with E-state index in [4.69, 9.17) is 9.26 Å². The Labute approximate surface area is 103 Å². The molecular weight excluding hydrogens is 218 g/mol. The Morgan fingerprint density at radius 1 is 1.29 bits per heavy atom. The fraction of sp³-hybridized carbons (Fsp3) is 0.833. The van der Waals surface area contributed by atoms with Gasteiger partial charge in [-0.1, -0.05) is 12.1 Å². The Bertz CT molecular complexity index is 362. The summed E-state index contributed by atoms with van der Waals surface area (Å²) in [5, 5.41) is 7.18. The van der Waals surface area contributed by atoms with Crippen LogP contribution in [0, 0.1) is 0 Å². The zero-order valence-electron chi connectivity index (χ0n) is 11.6. The monoisotopic (exact) mass is 241 g/mol. The fourth-order valence-corrected chi connectivity index (χ4v) is 1.44. The first kappa shape index (κ1) is 14.1. The molecule has 5 heteroatoms. The summed E-state index contributed by atoms with van der Waals surface area (Å²) in [5.74, 6) is 1.19. The molecule has 1 unspecified atom stereocenters. The molecule has 5 nitrogen and oxygen atoms in total. The van der Waals surface area contributed by atoms with Gasteiger partial charge in [0.05, 0.1) is 5.54 Å². The Kier molecular flexibility index (Phi) is 4.27. The summed E-state index contributed by atoms with van der Waals surface area (Å²) in [6, 6.07) is 0. The molecule has 1 rings (SSSR count). The van der Waals surface area contributed by atoms with Crippen LogP contribution in [-0.4, -0.2) is 23.8 Å². The fourth-order valence-electron chi connectivity index (χ4n) is 1.44. The molecular formula is C12H23N3O2. The molecule has 0 aliphatic heterocycles. The van der Waals surface area contributed by atoms with Crippen LogP contribution in [0.1, 0.15) is 52.8 Å². The number of nitrogens with one attached hydrogen (secondary N) is 1. The first-order chi connectivity index (χ1) is 7.89. The Balaban J connectivity index is 3.01. The maximum atomic E-state index is 5.72. The van der Waals surface area contributed by atoms with E-state index in [2.05, 4.69) is 22.4 Å². The van der Waals surface area contributed by atoms with Gasteiger partial charge in [0, 0.05) is 6.61 Å². The zero-order chi connectivity index (χ0) is 13.1. The van der Waals surface area contributed by atoms with Crippen molar-refractivity contribution in [3.8, 4) is 0 Å². The van der Waals surface area contributed by atoms with Gasteiger partial charge in [-0.3, -0.25) is 0 Å². The van der Waals surface area contributed by atoms with Crippen molar-refractivity contribution in [2.45, 2.75) is 52.2 Å². The minimum atomic E-state index is -0.472. The smallest absolute Gasteiger partial charge is 0.246 e. The van der Waals surface area contributed by atoms with Crippen molar-refractivity contribution in [1.82, 2.24) is 15.5 Å². The van der Waals surface area contributed by atoms with Crippen LogP contribution < -0.4 is 5.32 Å². The average Bonchev–Trinajstić information content (AvgIpc) is 2.79. The second kappa shape index (κ2) is 5.14. The Morgan fingerprint density at radius 3 is 2.41 bits per heavy atom. The van der Waals surface area contributed by atoms with Crippen molar-refractivity contribution in [3.05, 3.63) is 11.7 Å². The third-order valence-corrected chi connectivity index (χ3v) is 3.20. The highest BCUT2D eigenvalue weighted by atomic mass is 16.5. The van der Waals surface area contributed by atoms with Gasteiger partial charge in [-0.05, 0) is 41.2 Å². The lowest BCUT2D eigenvalue weighted by molar-refractivity contribution is -0.0403. The quantitative estimate of drug-likeness (QED) is 0.827. The molecule has 1 heterocycles. The van der Waals surface area contributed by atoms with E-state index >= 15 is 0 Å². The molecule has 0 saturated carbocycles. The molecule has 0 saturated heterocycles. The molecule has 0 aliphatic carbocycles. The van der Waals surface area contributed by atoms with Gasteiger partial charge >= 0.3 is 0 Å². The van der Waals surface area contributed by atoms with Gasteiger partial charge in [0.2, 0.25) is 11.7 Å². The highest BCUT2D eigenvalue weighted by molar-refractivity contribution is 5.04.